The first-order chi connectivity index (χ1) is 7.70. The zero-order valence-electron chi connectivity index (χ0n) is 9.46. The predicted molar refractivity (Wildman–Crippen MR) is 71.5 cm³/mol. The molecule has 1 atom stereocenters. The number of likely N-dealkylation sites (N-methyl/N-ethyl adjacent to an activating group) is 1. The summed E-state index contributed by atoms with van der Waals surface area (Å²) in [5.74, 6) is 0. The van der Waals surface area contributed by atoms with E-state index >= 15 is 0 Å². The summed E-state index contributed by atoms with van der Waals surface area (Å²) in [7, 11) is 0. The van der Waals surface area contributed by atoms with Gasteiger partial charge >= 0.3 is 0 Å². The molecule has 86 valence electrons. The van der Waals surface area contributed by atoms with Crippen molar-refractivity contribution >= 4 is 33.2 Å². The zero-order chi connectivity index (χ0) is 11.5. The highest BCUT2D eigenvalue weighted by Crippen LogP contribution is 2.29. The number of aromatic nitrogens is 1. The van der Waals surface area contributed by atoms with Crippen molar-refractivity contribution in [3.05, 3.63) is 28.2 Å². The van der Waals surface area contributed by atoms with Crippen molar-refractivity contribution in [1.29, 1.82) is 0 Å². The highest BCUT2D eigenvalue weighted by molar-refractivity contribution is 7.19. The van der Waals surface area contributed by atoms with Crippen LogP contribution in [0.25, 0.3) is 10.2 Å². The zero-order valence-corrected chi connectivity index (χ0v) is 11.0. The molecular formula is C12H15ClN2S. The SMILES string of the molecule is CCNC(C)Cc1nc2cccc(Cl)c2s1. The molecule has 0 aliphatic heterocycles. The predicted octanol–water partition coefficient (Wildman–Crippen LogP) is 3.49. The van der Waals surface area contributed by atoms with E-state index in [1.54, 1.807) is 11.3 Å². The molecule has 0 bridgehead atoms. The van der Waals surface area contributed by atoms with Crippen LogP contribution in [-0.4, -0.2) is 17.6 Å². The Balaban J connectivity index is 2.23. The van der Waals surface area contributed by atoms with E-state index in [9.17, 15) is 0 Å². The normalized spacial score (nSPS) is 13.2. The van der Waals surface area contributed by atoms with Crippen LogP contribution in [0.5, 0.6) is 0 Å². The molecular weight excluding hydrogens is 240 g/mol. The summed E-state index contributed by atoms with van der Waals surface area (Å²) in [6.07, 6.45) is 0.962. The van der Waals surface area contributed by atoms with Crippen molar-refractivity contribution in [1.82, 2.24) is 10.3 Å². The fourth-order valence-corrected chi connectivity index (χ4v) is 3.11. The number of hydrogen-bond donors (Lipinski definition) is 1. The van der Waals surface area contributed by atoms with Crippen LogP contribution in [-0.2, 0) is 6.42 Å². The fourth-order valence-electron chi connectivity index (χ4n) is 1.73. The minimum absolute atomic E-state index is 0.462. The van der Waals surface area contributed by atoms with Crippen molar-refractivity contribution in [2.75, 3.05) is 6.54 Å². The Bertz CT molecular complexity index is 481. The lowest BCUT2D eigenvalue weighted by molar-refractivity contribution is 0.564. The van der Waals surface area contributed by atoms with E-state index in [1.165, 1.54) is 0 Å². The van der Waals surface area contributed by atoms with Crippen molar-refractivity contribution in [3.8, 4) is 0 Å². The van der Waals surface area contributed by atoms with Crippen molar-refractivity contribution in [3.63, 3.8) is 0 Å². The summed E-state index contributed by atoms with van der Waals surface area (Å²) in [6, 6.07) is 6.34. The van der Waals surface area contributed by atoms with E-state index in [2.05, 4.69) is 24.1 Å². The van der Waals surface area contributed by atoms with E-state index in [1.807, 2.05) is 18.2 Å². The van der Waals surface area contributed by atoms with Gasteiger partial charge in [0.05, 0.1) is 20.2 Å². The second kappa shape index (κ2) is 5.13. The van der Waals surface area contributed by atoms with Crippen LogP contribution in [0.1, 0.15) is 18.9 Å². The van der Waals surface area contributed by atoms with Crippen molar-refractivity contribution < 1.29 is 0 Å². The summed E-state index contributed by atoms with van der Waals surface area (Å²) in [6.45, 7) is 5.29. The van der Waals surface area contributed by atoms with Crippen LogP contribution < -0.4 is 5.32 Å². The third-order valence-electron chi connectivity index (χ3n) is 2.44. The molecule has 2 nitrogen and oxygen atoms in total. The molecule has 0 aliphatic rings. The molecule has 16 heavy (non-hydrogen) atoms. The van der Waals surface area contributed by atoms with E-state index in [0.717, 1.165) is 33.2 Å². The molecule has 0 fully saturated rings. The third-order valence-corrected chi connectivity index (χ3v) is 4.00. The molecule has 4 heteroatoms. The molecule has 1 unspecified atom stereocenters. The lowest BCUT2D eigenvalue weighted by Crippen LogP contribution is -2.27. The van der Waals surface area contributed by atoms with Gasteiger partial charge in [0.25, 0.3) is 0 Å². The molecule has 1 heterocycles. The van der Waals surface area contributed by atoms with Crippen LogP contribution >= 0.6 is 22.9 Å². The topological polar surface area (TPSA) is 24.9 Å². The van der Waals surface area contributed by atoms with E-state index < -0.39 is 0 Å². The third kappa shape index (κ3) is 2.54. The minimum Gasteiger partial charge on any atom is -0.314 e. The van der Waals surface area contributed by atoms with Crippen molar-refractivity contribution in [2.45, 2.75) is 26.3 Å². The Morgan fingerprint density at radius 2 is 2.31 bits per heavy atom. The largest absolute Gasteiger partial charge is 0.314 e. The molecule has 1 aromatic carbocycles. The summed E-state index contributed by atoms with van der Waals surface area (Å²) in [4.78, 5) is 4.59. The van der Waals surface area contributed by atoms with Crippen molar-refractivity contribution in [2.24, 2.45) is 0 Å². The van der Waals surface area contributed by atoms with E-state index in [-0.39, 0.29) is 0 Å². The molecule has 0 radical (unpaired) electrons. The standard InChI is InChI=1S/C12H15ClN2S/c1-3-14-8(2)7-11-15-10-6-4-5-9(13)12(10)16-11/h4-6,8,14H,3,7H2,1-2H3. The van der Waals surface area contributed by atoms with Gasteiger partial charge in [-0.15, -0.1) is 11.3 Å². The van der Waals surface area contributed by atoms with Gasteiger partial charge in [-0.25, -0.2) is 4.98 Å². The molecule has 0 spiro atoms. The number of thiazole rings is 1. The van der Waals surface area contributed by atoms with Crippen LogP contribution in [0.2, 0.25) is 5.02 Å². The summed E-state index contributed by atoms with van der Waals surface area (Å²) < 4.78 is 1.10. The highest BCUT2D eigenvalue weighted by atomic mass is 35.5. The van der Waals surface area contributed by atoms with E-state index in [4.69, 9.17) is 11.6 Å². The van der Waals surface area contributed by atoms with Crippen LogP contribution in [0.3, 0.4) is 0 Å². The fraction of sp³-hybridized carbons (Fsp3) is 0.417. The smallest absolute Gasteiger partial charge is 0.0954 e. The molecule has 0 aliphatic carbocycles. The number of nitrogens with zero attached hydrogens (tertiary/aromatic N) is 1. The Morgan fingerprint density at radius 3 is 3.00 bits per heavy atom. The first kappa shape index (κ1) is 11.8. The first-order valence-electron chi connectivity index (χ1n) is 5.48. The van der Waals surface area contributed by atoms with Crippen LogP contribution in [0.4, 0.5) is 0 Å². The lowest BCUT2D eigenvalue weighted by atomic mass is 10.2. The summed E-state index contributed by atoms with van der Waals surface area (Å²) in [5.41, 5.74) is 1.01. The van der Waals surface area contributed by atoms with Gasteiger partial charge in [-0.3, -0.25) is 0 Å². The monoisotopic (exact) mass is 254 g/mol. The summed E-state index contributed by atoms with van der Waals surface area (Å²) >= 11 is 7.82. The molecule has 0 amide bonds. The molecule has 0 saturated heterocycles. The first-order valence-corrected chi connectivity index (χ1v) is 6.67. The number of benzene rings is 1. The Morgan fingerprint density at radius 1 is 1.50 bits per heavy atom. The van der Waals surface area contributed by atoms with Gasteiger partial charge < -0.3 is 5.32 Å². The number of rotatable bonds is 4. The van der Waals surface area contributed by atoms with E-state index in [0.29, 0.717) is 6.04 Å². The Labute approximate surface area is 105 Å². The van der Waals surface area contributed by atoms with Crippen LogP contribution in [0, 0.1) is 0 Å². The molecule has 1 aromatic heterocycles. The summed E-state index contributed by atoms with van der Waals surface area (Å²) in [5, 5.41) is 5.34. The second-order valence-corrected chi connectivity index (χ2v) is 5.35. The van der Waals surface area contributed by atoms with Gasteiger partial charge in [0.2, 0.25) is 0 Å². The van der Waals surface area contributed by atoms with Gasteiger partial charge in [0.1, 0.15) is 0 Å². The average molecular weight is 255 g/mol. The van der Waals surface area contributed by atoms with Gasteiger partial charge in [-0.05, 0) is 25.6 Å². The maximum Gasteiger partial charge on any atom is 0.0954 e. The van der Waals surface area contributed by atoms with Gasteiger partial charge in [-0.1, -0.05) is 24.6 Å². The lowest BCUT2D eigenvalue weighted by Gasteiger charge is -2.08. The number of nitrogens with one attached hydrogen (secondary N) is 1. The Kier molecular flexibility index (Phi) is 3.79. The molecule has 2 rings (SSSR count). The Hall–Kier alpha value is -0.640. The maximum absolute atomic E-state index is 6.12. The minimum atomic E-state index is 0.462. The highest BCUT2D eigenvalue weighted by Gasteiger charge is 2.09. The quantitative estimate of drug-likeness (QED) is 0.904. The molecule has 0 saturated carbocycles. The van der Waals surface area contributed by atoms with Crippen LogP contribution in [0.15, 0.2) is 18.2 Å². The average Bonchev–Trinajstić information content (AvgIpc) is 2.62. The van der Waals surface area contributed by atoms with Gasteiger partial charge in [0.15, 0.2) is 0 Å². The number of hydrogen-bond acceptors (Lipinski definition) is 3. The second-order valence-electron chi connectivity index (χ2n) is 3.86. The maximum atomic E-state index is 6.12. The molecule has 2 aromatic rings. The number of fused-ring (bicyclic) bond motifs is 1. The molecule has 1 N–H and O–H groups in total. The van der Waals surface area contributed by atoms with Gasteiger partial charge in [-0.2, -0.15) is 0 Å². The van der Waals surface area contributed by atoms with Gasteiger partial charge in [0, 0.05) is 12.5 Å². The number of halogens is 1.